The van der Waals surface area contributed by atoms with Crippen LogP contribution in [0.4, 0.5) is 5.69 Å². The quantitative estimate of drug-likeness (QED) is 0.212. The van der Waals surface area contributed by atoms with E-state index in [4.69, 9.17) is 16.3 Å². The molecule has 6 nitrogen and oxygen atoms in total. The van der Waals surface area contributed by atoms with E-state index >= 15 is 0 Å². The van der Waals surface area contributed by atoms with E-state index in [9.17, 15) is 9.59 Å². The Balaban J connectivity index is 1.37. The number of halogens is 1. The second kappa shape index (κ2) is 11.3. The number of anilines is 1. The molecule has 35 heavy (non-hydrogen) atoms. The first-order valence-corrected chi connectivity index (χ1v) is 12.3. The van der Waals surface area contributed by atoms with Gasteiger partial charge in [-0.15, -0.1) is 0 Å². The summed E-state index contributed by atoms with van der Waals surface area (Å²) in [6.45, 7) is 3.75. The topological polar surface area (TPSA) is 73.2 Å². The highest BCUT2D eigenvalue weighted by atomic mass is 35.5. The highest BCUT2D eigenvalue weighted by Crippen LogP contribution is 2.27. The van der Waals surface area contributed by atoms with E-state index in [0.717, 1.165) is 11.3 Å². The highest BCUT2D eigenvalue weighted by molar-refractivity contribution is 7.99. The minimum atomic E-state index is -0.172. The van der Waals surface area contributed by atoms with Crippen molar-refractivity contribution in [3.63, 3.8) is 0 Å². The molecule has 0 atom stereocenters. The van der Waals surface area contributed by atoms with Gasteiger partial charge in [-0.2, -0.15) is 0 Å². The number of nitrogens with zero attached hydrogens (tertiary/aromatic N) is 2. The summed E-state index contributed by atoms with van der Waals surface area (Å²) in [6.07, 6.45) is 0. The fraction of sp³-hybridized carbons (Fsp3) is 0.148. The first kappa shape index (κ1) is 24.6. The number of thioether (sulfide) groups is 1. The Hall–Kier alpha value is -3.55. The predicted octanol–water partition coefficient (Wildman–Crippen LogP) is 6.35. The number of aromatic nitrogens is 2. The fourth-order valence-corrected chi connectivity index (χ4v) is 4.52. The average molecular weight is 506 g/mol. The number of para-hydroxylation sites is 1. The minimum absolute atomic E-state index is 0.0754. The average Bonchev–Trinajstić information content (AvgIpc) is 3.20. The van der Waals surface area contributed by atoms with Crippen molar-refractivity contribution in [1.29, 1.82) is 0 Å². The van der Waals surface area contributed by atoms with Crippen molar-refractivity contribution in [2.75, 3.05) is 11.1 Å². The maximum absolute atomic E-state index is 12.6. The number of hydrogen-bond acceptors (Lipinski definition) is 5. The van der Waals surface area contributed by atoms with Gasteiger partial charge in [0.2, 0.25) is 5.91 Å². The number of aryl methyl sites for hydroxylation is 1. The summed E-state index contributed by atoms with van der Waals surface area (Å²) < 4.78 is 7.59. The number of benzene rings is 3. The van der Waals surface area contributed by atoms with Crippen LogP contribution in [0.5, 0.6) is 5.75 Å². The molecule has 0 aliphatic rings. The second-order valence-electron chi connectivity index (χ2n) is 7.83. The van der Waals surface area contributed by atoms with Crippen LogP contribution in [0, 0.1) is 6.92 Å². The molecule has 4 aromatic rings. The summed E-state index contributed by atoms with van der Waals surface area (Å²) in [5, 5.41) is 4.17. The molecule has 0 aliphatic heterocycles. The maximum atomic E-state index is 12.6. The molecule has 0 bridgehead atoms. The Morgan fingerprint density at radius 1 is 1.00 bits per heavy atom. The molecule has 0 radical (unpaired) electrons. The van der Waals surface area contributed by atoms with Crippen LogP contribution in [-0.4, -0.2) is 27.0 Å². The number of imidazole rings is 1. The Kier molecular flexibility index (Phi) is 7.90. The molecule has 178 valence electrons. The van der Waals surface area contributed by atoms with E-state index in [2.05, 4.69) is 10.3 Å². The largest absolute Gasteiger partial charge is 0.489 e. The van der Waals surface area contributed by atoms with E-state index < -0.39 is 0 Å². The van der Waals surface area contributed by atoms with Crippen molar-refractivity contribution < 1.29 is 14.3 Å². The molecular formula is C27H24ClN3O3S. The minimum Gasteiger partial charge on any atom is -0.489 e. The van der Waals surface area contributed by atoms with Crippen molar-refractivity contribution >= 4 is 40.7 Å². The summed E-state index contributed by atoms with van der Waals surface area (Å²) in [4.78, 5) is 29.4. The smallest absolute Gasteiger partial charge is 0.234 e. The van der Waals surface area contributed by atoms with Crippen LogP contribution in [0.3, 0.4) is 0 Å². The van der Waals surface area contributed by atoms with Crippen LogP contribution in [0.15, 0.2) is 84.0 Å². The summed E-state index contributed by atoms with van der Waals surface area (Å²) in [6, 6.07) is 24.2. The third-order valence-electron chi connectivity index (χ3n) is 5.16. The second-order valence-corrected chi connectivity index (χ2v) is 9.21. The maximum Gasteiger partial charge on any atom is 0.234 e. The number of rotatable bonds is 9. The lowest BCUT2D eigenvalue weighted by Crippen LogP contribution is -2.15. The molecule has 0 fully saturated rings. The lowest BCUT2D eigenvalue weighted by molar-refractivity contribution is -0.113. The molecule has 0 saturated heterocycles. The van der Waals surface area contributed by atoms with Gasteiger partial charge in [0.1, 0.15) is 18.1 Å². The molecular weight excluding hydrogens is 482 g/mol. The SMILES string of the molecule is CC(=O)c1c(C)nc(SCC(=O)Nc2ccc(OCc3ccc(Cl)cc3)cc2)n1-c1ccccc1. The first-order valence-electron chi connectivity index (χ1n) is 11.0. The monoisotopic (exact) mass is 505 g/mol. The number of amides is 1. The van der Waals surface area contributed by atoms with Crippen molar-refractivity contribution in [2.24, 2.45) is 0 Å². The van der Waals surface area contributed by atoms with Crippen LogP contribution in [0.2, 0.25) is 5.02 Å². The number of ketones is 1. The molecule has 0 aliphatic carbocycles. The summed E-state index contributed by atoms with van der Waals surface area (Å²) in [5.41, 5.74) is 3.67. The number of nitrogens with one attached hydrogen (secondary N) is 1. The fourth-order valence-electron chi connectivity index (χ4n) is 3.54. The third-order valence-corrected chi connectivity index (χ3v) is 6.35. The Labute approximate surface area is 213 Å². The van der Waals surface area contributed by atoms with E-state index in [1.54, 1.807) is 19.1 Å². The molecule has 3 aromatic carbocycles. The molecule has 0 saturated carbocycles. The lowest BCUT2D eigenvalue weighted by atomic mass is 10.2. The summed E-state index contributed by atoms with van der Waals surface area (Å²) in [7, 11) is 0. The molecule has 1 aromatic heterocycles. The molecule has 0 spiro atoms. The Morgan fingerprint density at radius 3 is 2.34 bits per heavy atom. The zero-order valence-corrected chi connectivity index (χ0v) is 20.9. The summed E-state index contributed by atoms with van der Waals surface area (Å²) >= 11 is 7.19. The van der Waals surface area contributed by atoms with Crippen LogP contribution >= 0.6 is 23.4 Å². The van der Waals surface area contributed by atoms with Gasteiger partial charge in [0, 0.05) is 23.3 Å². The van der Waals surface area contributed by atoms with Gasteiger partial charge in [0.25, 0.3) is 0 Å². The van der Waals surface area contributed by atoms with Gasteiger partial charge in [-0.1, -0.05) is 53.7 Å². The first-order chi connectivity index (χ1) is 16.9. The van der Waals surface area contributed by atoms with Gasteiger partial charge in [-0.3, -0.25) is 14.2 Å². The van der Waals surface area contributed by atoms with Gasteiger partial charge in [0.05, 0.1) is 11.4 Å². The summed E-state index contributed by atoms with van der Waals surface area (Å²) in [5.74, 6) is 0.600. The van der Waals surface area contributed by atoms with E-state index in [1.165, 1.54) is 18.7 Å². The molecule has 1 N–H and O–H groups in total. The number of Topliss-reactive ketones (excluding diaryl/α,β-unsaturated/α-hetero) is 1. The van der Waals surface area contributed by atoms with E-state index in [1.807, 2.05) is 71.3 Å². The zero-order chi connectivity index (χ0) is 24.8. The molecule has 1 amide bonds. The van der Waals surface area contributed by atoms with Crippen LogP contribution < -0.4 is 10.1 Å². The van der Waals surface area contributed by atoms with Gasteiger partial charge < -0.3 is 10.1 Å². The molecule has 1 heterocycles. The van der Waals surface area contributed by atoms with E-state index in [0.29, 0.717) is 39.6 Å². The number of carbonyl (C=O) groups is 2. The number of carbonyl (C=O) groups excluding carboxylic acids is 2. The highest BCUT2D eigenvalue weighted by Gasteiger charge is 2.20. The number of ether oxygens (including phenoxy) is 1. The molecule has 4 rings (SSSR count). The predicted molar refractivity (Wildman–Crippen MR) is 140 cm³/mol. The Morgan fingerprint density at radius 2 is 1.69 bits per heavy atom. The van der Waals surface area contributed by atoms with Gasteiger partial charge >= 0.3 is 0 Å². The van der Waals surface area contributed by atoms with Crippen LogP contribution in [0.25, 0.3) is 5.69 Å². The Bertz CT molecular complexity index is 1320. The van der Waals surface area contributed by atoms with Gasteiger partial charge in [-0.05, 0) is 61.0 Å². The van der Waals surface area contributed by atoms with Gasteiger partial charge in [-0.25, -0.2) is 4.98 Å². The third kappa shape index (κ3) is 6.32. The lowest BCUT2D eigenvalue weighted by Gasteiger charge is -2.11. The van der Waals surface area contributed by atoms with E-state index in [-0.39, 0.29) is 17.4 Å². The van der Waals surface area contributed by atoms with Crippen molar-refractivity contribution in [1.82, 2.24) is 9.55 Å². The van der Waals surface area contributed by atoms with Crippen LogP contribution in [-0.2, 0) is 11.4 Å². The standard InChI is InChI=1S/C27H24ClN3O3S/c1-18-26(19(2)32)31(23-6-4-3-5-7-23)27(29-18)35-17-25(33)30-22-12-14-24(15-13-22)34-16-20-8-10-21(28)11-9-20/h3-15H,16-17H2,1-2H3,(H,30,33). The van der Waals surface area contributed by atoms with Crippen molar-refractivity contribution in [2.45, 2.75) is 25.6 Å². The molecule has 0 unspecified atom stereocenters. The van der Waals surface area contributed by atoms with Crippen molar-refractivity contribution in [3.8, 4) is 11.4 Å². The van der Waals surface area contributed by atoms with Crippen LogP contribution in [0.1, 0.15) is 28.7 Å². The van der Waals surface area contributed by atoms with Gasteiger partial charge in [0.15, 0.2) is 10.9 Å². The zero-order valence-electron chi connectivity index (χ0n) is 19.3. The molecule has 8 heteroatoms. The normalized spacial score (nSPS) is 10.7. The number of hydrogen-bond donors (Lipinski definition) is 1. The van der Waals surface area contributed by atoms with Crippen molar-refractivity contribution in [3.05, 3.63) is 101 Å².